The largest absolute Gasteiger partial charge is 0.463 e. The van der Waals surface area contributed by atoms with Gasteiger partial charge in [-0.15, -0.1) is 0 Å². The minimum Gasteiger partial charge on any atom is -0.463 e. The van der Waals surface area contributed by atoms with E-state index in [1.165, 1.54) is 0 Å². The number of carbonyl (C=O) groups is 1. The molecule has 0 aromatic heterocycles. The fourth-order valence-electron chi connectivity index (χ4n) is 1.33. The van der Waals surface area contributed by atoms with Crippen LogP contribution in [0.4, 0.5) is 0 Å². The van der Waals surface area contributed by atoms with Gasteiger partial charge in [-0.05, 0) is 44.0 Å². The average molecular weight is 283 g/mol. The summed E-state index contributed by atoms with van der Waals surface area (Å²) >= 11 is 3.41. The van der Waals surface area contributed by atoms with Gasteiger partial charge in [-0.2, -0.15) is 0 Å². The zero-order valence-corrected chi connectivity index (χ0v) is 11.3. The molecule has 0 saturated heterocycles. The standard InChI is InChI=1S/C13H15BrO2/c1-4-16-13(15)10(3)9(2)11-6-5-7-12(14)8-11/h5-8H,4H2,1-3H3/b10-9-. The number of allylic oxidation sites excluding steroid dienone is 1. The van der Waals surface area contributed by atoms with Crippen molar-refractivity contribution in [3.63, 3.8) is 0 Å². The van der Waals surface area contributed by atoms with Crippen molar-refractivity contribution in [2.45, 2.75) is 20.8 Å². The lowest BCUT2D eigenvalue weighted by Crippen LogP contribution is -2.06. The normalized spacial score (nSPS) is 12.0. The maximum Gasteiger partial charge on any atom is 0.333 e. The van der Waals surface area contributed by atoms with E-state index in [1.807, 2.05) is 31.2 Å². The molecule has 0 N–H and O–H groups in total. The third-order valence-electron chi connectivity index (χ3n) is 2.40. The molecule has 1 aromatic carbocycles. The van der Waals surface area contributed by atoms with Crippen LogP contribution in [0.2, 0.25) is 0 Å². The highest BCUT2D eigenvalue weighted by Crippen LogP contribution is 2.22. The second-order valence-electron chi connectivity index (χ2n) is 3.48. The van der Waals surface area contributed by atoms with E-state index in [9.17, 15) is 4.79 Å². The van der Waals surface area contributed by atoms with Crippen LogP contribution in [0.25, 0.3) is 5.57 Å². The van der Waals surface area contributed by atoms with Crippen LogP contribution in [-0.2, 0) is 9.53 Å². The molecule has 0 aliphatic heterocycles. The molecule has 0 bridgehead atoms. The maximum absolute atomic E-state index is 11.6. The highest BCUT2D eigenvalue weighted by atomic mass is 79.9. The Morgan fingerprint density at radius 1 is 1.38 bits per heavy atom. The van der Waals surface area contributed by atoms with E-state index in [0.29, 0.717) is 12.2 Å². The fourth-order valence-corrected chi connectivity index (χ4v) is 1.73. The molecule has 0 spiro atoms. The van der Waals surface area contributed by atoms with E-state index in [0.717, 1.165) is 15.6 Å². The molecule has 0 unspecified atom stereocenters. The quantitative estimate of drug-likeness (QED) is 0.623. The monoisotopic (exact) mass is 282 g/mol. The lowest BCUT2D eigenvalue weighted by Gasteiger charge is -2.07. The Morgan fingerprint density at radius 3 is 2.62 bits per heavy atom. The Morgan fingerprint density at radius 2 is 2.06 bits per heavy atom. The summed E-state index contributed by atoms with van der Waals surface area (Å²) in [5.74, 6) is -0.250. The summed E-state index contributed by atoms with van der Waals surface area (Å²) in [4.78, 5) is 11.6. The number of hydrogen-bond acceptors (Lipinski definition) is 2. The first kappa shape index (κ1) is 13.0. The molecule has 0 aliphatic carbocycles. The van der Waals surface area contributed by atoms with Gasteiger partial charge in [0.05, 0.1) is 6.61 Å². The van der Waals surface area contributed by atoms with Gasteiger partial charge in [0.2, 0.25) is 0 Å². The topological polar surface area (TPSA) is 26.3 Å². The van der Waals surface area contributed by atoms with Crippen LogP contribution in [0.1, 0.15) is 26.3 Å². The molecule has 1 rings (SSSR count). The highest BCUT2D eigenvalue weighted by Gasteiger charge is 2.09. The number of carbonyl (C=O) groups excluding carboxylic acids is 1. The minimum absolute atomic E-state index is 0.250. The molecule has 0 aliphatic rings. The van der Waals surface area contributed by atoms with E-state index in [2.05, 4.69) is 15.9 Å². The fraction of sp³-hybridized carbons (Fsp3) is 0.308. The van der Waals surface area contributed by atoms with Crippen LogP contribution in [0, 0.1) is 0 Å². The van der Waals surface area contributed by atoms with E-state index in [1.54, 1.807) is 13.8 Å². The summed E-state index contributed by atoms with van der Waals surface area (Å²) in [6.45, 7) is 5.92. The zero-order valence-electron chi connectivity index (χ0n) is 9.71. The van der Waals surface area contributed by atoms with Crippen LogP contribution >= 0.6 is 15.9 Å². The van der Waals surface area contributed by atoms with Crippen LogP contribution < -0.4 is 0 Å². The van der Waals surface area contributed by atoms with Gasteiger partial charge in [-0.3, -0.25) is 0 Å². The van der Waals surface area contributed by atoms with Crippen molar-refractivity contribution in [2.75, 3.05) is 6.61 Å². The van der Waals surface area contributed by atoms with Crippen LogP contribution in [0.3, 0.4) is 0 Å². The number of ether oxygens (including phenoxy) is 1. The molecule has 16 heavy (non-hydrogen) atoms. The van der Waals surface area contributed by atoms with Crippen LogP contribution in [-0.4, -0.2) is 12.6 Å². The molecule has 0 heterocycles. The molecule has 2 nitrogen and oxygen atoms in total. The molecule has 3 heteroatoms. The third-order valence-corrected chi connectivity index (χ3v) is 2.89. The number of benzene rings is 1. The predicted molar refractivity (Wildman–Crippen MR) is 69.0 cm³/mol. The molecule has 1 aromatic rings. The first-order valence-electron chi connectivity index (χ1n) is 5.16. The summed E-state index contributed by atoms with van der Waals surface area (Å²) in [5, 5.41) is 0. The van der Waals surface area contributed by atoms with Gasteiger partial charge in [-0.1, -0.05) is 28.1 Å². The maximum atomic E-state index is 11.6. The smallest absolute Gasteiger partial charge is 0.333 e. The van der Waals surface area contributed by atoms with Crippen molar-refractivity contribution >= 4 is 27.5 Å². The number of halogens is 1. The summed E-state index contributed by atoms with van der Waals surface area (Å²) in [7, 11) is 0. The first-order valence-corrected chi connectivity index (χ1v) is 5.96. The lowest BCUT2D eigenvalue weighted by atomic mass is 10.0. The predicted octanol–water partition coefficient (Wildman–Crippen LogP) is 3.81. The summed E-state index contributed by atoms with van der Waals surface area (Å²) in [5.41, 5.74) is 2.62. The van der Waals surface area contributed by atoms with Crippen LogP contribution in [0.5, 0.6) is 0 Å². The second-order valence-corrected chi connectivity index (χ2v) is 4.40. The molecular weight excluding hydrogens is 268 g/mol. The van der Waals surface area contributed by atoms with Gasteiger partial charge in [-0.25, -0.2) is 4.79 Å². The van der Waals surface area contributed by atoms with Crippen molar-refractivity contribution in [2.24, 2.45) is 0 Å². The van der Waals surface area contributed by atoms with Gasteiger partial charge in [0.15, 0.2) is 0 Å². The van der Waals surface area contributed by atoms with Crippen LogP contribution in [0.15, 0.2) is 34.3 Å². The van der Waals surface area contributed by atoms with E-state index < -0.39 is 0 Å². The number of rotatable bonds is 3. The van der Waals surface area contributed by atoms with Gasteiger partial charge in [0.1, 0.15) is 0 Å². The Kier molecular flexibility index (Phi) is 4.74. The van der Waals surface area contributed by atoms with Gasteiger partial charge in [0, 0.05) is 10.0 Å². The summed E-state index contributed by atoms with van der Waals surface area (Å²) in [6.07, 6.45) is 0. The van der Waals surface area contributed by atoms with Crippen molar-refractivity contribution < 1.29 is 9.53 Å². The van der Waals surface area contributed by atoms with Crippen molar-refractivity contribution in [3.8, 4) is 0 Å². The first-order chi connectivity index (χ1) is 7.56. The van der Waals surface area contributed by atoms with E-state index >= 15 is 0 Å². The van der Waals surface area contributed by atoms with Crippen molar-refractivity contribution in [1.29, 1.82) is 0 Å². The Balaban J connectivity index is 3.03. The number of esters is 1. The zero-order chi connectivity index (χ0) is 12.1. The highest BCUT2D eigenvalue weighted by molar-refractivity contribution is 9.10. The third kappa shape index (κ3) is 3.20. The second kappa shape index (κ2) is 5.85. The van der Waals surface area contributed by atoms with Gasteiger partial charge < -0.3 is 4.74 Å². The lowest BCUT2D eigenvalue weighted by molar-refractivity contribution is -0.138. The summed E-state index contributed by atoms with van der Waals surface area (Å²) in [6, 6.07) is 7.86. The molecule has 0 saturated carbocycles. The Hall–Kier alpha value is -1.09. The SMILES string of the molecule is CCOC(=O)/C(C)=C(/C)c1cccc(Br)c1. The minimum atomic E-state index is -0.250. The van der Waals surface area contributed by atoms with E-state index in [-0.39, 0.29) is 5.97 Å². The van der Waals surface area contributed by atoms with Gasteiger partial charge in [0.25, 0.3) is 0 Å². The Labute approximate surface area is 104 Å². The molecule has 0 radical (unpaired) electrons. The molecule has 0 atom stereocenters. The Bertz CT molecular complexity index is 422. The van der Waals surface area contributed by atoms with Gasteiger partial charge >= 0.3 is 5.97 Å². The summed E-state index contributed by atoms with van der Waals surface area (Å²) < 4.78 is 5.97. The van der Waals surface area contributed by atoms with Crippen molar-refractivity contribution in [1.82, 2.24) is 0 Å². The molecular formula is C13H15BrO2. The average Bonchev–Trinajstić information content (AvgIpc) is 2.27. The number of hydrogen-bond donors (Lipinski definition) is 0. The molecule has 0 amide bonds. The van der Waals surface area contributed by atoms with E-state index in [4.69, 9.17) is 4.74 Å². The molecule has 86 valence electrons. The molecule has 0 fully saturated rings. The van der Waals surface area contributed by atoms with Crippen molar-refractivity contribution in [3.05, 3.63) is 39.9 Å².